The minimum atomic E-state index is -0.453. The first kappa shape index (κ1) is 8.98. The molecule has 6 nitrogen and oxygen atoms in total. The molecule has 0 aromatic carbocycles. The predicted octanol–water partition coefficient (Wildman–Crippen LogP) is 1.30. The van der Waals surface area contributed by atoms with Gasteiger partial charge in [0.15, 0.2) is 5.82 Å². The molecule has 0 aliphatic heterocycles. The number of H-pyrrole nitrogens is 1. The minimum Gasteiger partial charge on any atom is -0.446 e. The van der Waals surface area contributed by atoms with E-state index in [2.05, 4.69) is 20.7 Å². The molecule has 2 N–H and O–H groups in total. The lowest BCUT2D eigenvalue weighted by molar-refractivity contribution is 0.114. The van der Waals surface area contributed by atoms with Crippen molar-refractivity contribution < 1.29 is 9.53 Å². The summed E-state index contributed by atoms with van der Waals surface area (Å²) in [7, 11) is 0. The lowest BCUT2D eigenvalue weighted by Crippen LogP contribution is -2.20. The van der Waals surface area contributed by atoms with Gasteiger partial charge in [0, 0.05) is 0 Å². The van der Waals surface area contributed by atoms with Crippen LogP contribution >= 0.6 is 0 Å². The van der Waals surface area contributed by atoms with E-state index in [4.69, 9.17) is 4.74 Å². The fourth-order valence-electron chi connectivity index (χ4n) is 1.55. The molecule has 2 rings (SSSR count). The van der Waals surface area contributed by atoms with E-state index in [1.807, 2.05) is 0 Å². The van der Waals surface area contributed by atoms with Crippen molar-refractivity contribution in [2.75, 3.05) is 5.32 Å². The van der Waals surface area contributed by atoms with Gasteiger partial charge in [-0.05, 0) is 25.7 Å². The Bertz CT molecular complexity index is 292. The van der Waals surface area contributed by atoms with Crippen molar-refractivity contribution >= 4 is 11.9 Å². The Morgan fingerprint density at radius 2 is 2.36 bits per heavy atom. The molecule has 14 heavy (non-hydrogen) atoms. The van der Waals surface area contributed by atoms with Crippen LogP contribution in [0.3, 0.4) is 0 Å². The predicted molar refractivity (Wildman–Crippen MR) is 48.7 cm³/mol. The third kappa shape index (κ3) is 2.21. The zero-order valence-electron chi connectivity index (χ0n) is 7.69. The molecule has 6 heteroatoms. The van der Waals surface area contributed by atoms with Gasteiger partial charge in [-0.2, -0.15) is 0 Å². The molecule has 1 fully saturated rings. The summed E-state index contributed by atoms with van der Waals surface area (Å²) >= 11 is 0. The maximum atomic E-state index is 11.3. The summed E-state index contributed by atoms with van der Waals surface area (Å²) in [6.45, 7) is 0. The van der Waals surface area contributed by atoms with E-state index in [1.165, 1.54) is 6.20 Å². The summed E-state index contributed by atoms with van der Waals surface area (Å²) in [5, 5.41) is 12.1. The molecule has 0 atom stereocenters. The first-order valence-corrected chi connectivity index (χ1v) is 4.69. The lowest BCUT2D eigenvalue weighted by atomic mass is 10.3. The molecule has 0 saturated heterocycles. The smallest absolute Gasteiger partial charge is 0.413 e. The van der Waals surface area contributed by atoms with Gasteiger partial charge in [-0.1, -0.05) is 5.21 Å². The highest BCUT2D eigenvalue weighted by Crippen LogP contribution is 2.21. The van der Waals surface area contributed by atoms with Gasteiger partial charge in [-0.25, -0.2) is 4.79 Å². The van der Waals surface area contributed by atoms with Gasteiger partial charge in [0.25, 0.3) is 0 Å². The molecule has 1 amide bonds. The van der Waals surface area contributed by atoms with Crippen LogP contribution < -0.4 is 5.32 Å². The molecule has 0 radical (unpaired) electrons. The monoisotopic (exact) mass is 196 g/mol. The van der Waals surface area contributed by atoms with E-state index in [1.54, 1.807) is 0 Å². The second kappa shape index (κ2) is 4.08. The minimum absolute atomic E-state index is 0.0712. The summed E-state index contributed by atoms with van der Waals surface area (Å²) in [6.07, 6.45) is 5.32. The van der Waals surface area contributed by atoms with Crippen LogP contribution in [0.2, 0.25) is 0 Å². The topological polar surface area (TPSA) is 79.9 Å². The molecule has 1 aromatic heterocycles. The number of hydrogen-bond acceptors (Lipinski definition) is 4. The number of nitrogens with zero attached hydrogens (tertiary/aromatic N) is 2. The fraction of sp³-hybridized carbons (Fsp3) is 0.625. The van der Waals surface area contributed by atoms with Gasteiger partial charge in [0.05, 0.1) is 6.20 Å². The van der Waals surface area contributed by atoms with E-state index in [9.17, 15) is 4.79 Å². The Morgan fingerprint density at radius 3 is 3.00 bits per heavy atom. The molecular formula is C8H12N4O2. The molecule has 0 spiro atoms. The van der Waals surface area contributed by atoms with Crippen molar-refractivity contribution in [1.82, 2.24) is 15.4 Å². The van der Waals surface area contributed by atoms with E-state index in [-0.39, 0.29) is 6.10 Å². The van der Waals surface area contributed by atoms with Gasteiger partial charge >= 0.3 is 6.09 Å². The van der Waals surface area contributed by atoms with Crippen molar-refractivity contribution in [3.8, 4) is 0 Å². The largest absolute Gasteiger partial charge is 0.446 e. The number of carbonyl (C=O) groups excluding carboxylic acids is 1. The molecular weight excluding hydrogens is 184 g/mol. The summed E-state index contributed by atoms with van der Waals surface area (Å²) in [4.78, 5) is 11.3. The number of rotatable bonds is 2. The fourth-order valence-corrected chi connectivity index (χ4v) is 1.55. The van der Waals surface area contributed by atoms with Crippen molar-refractivity contribution in [3.05, 3.63) is 6.20 Å². The highest BCUT2D eigenvalue weighted by Gasteiger charge is 2.19. The highest BCUT2D eigenvalue weighted by atomic mass is 16.6. The third-order valence-electron chi connectivity index (χ3n) is 2.22. The van der Waals surface area contributed by atoms with Crippen LogP contribution in [0.25, 0.3) is 0 Å². The number of anilines is 1. The molecule has 1 aliphatic rings. The number of aromatic amines is 1. The summed E-state index contributed by atoms with van der Waals surface area (Å²) in [5.41, 5.74) is 0. The average Bonchev–Trinajstić information content (AvgIpc) is 2.76. The van der Waals surface area contributed by atoms with Gasteiger partial charge < -0.3 is 4.74 Å². The van der Waals surface area contributed by atoms with Gasteiger partial charge in [-0.15, -0.1) is 5.10 Å². The zero-order chi connectivity index (χ0) is 9.80. The van der Waals surface area contributed by atoms with Crippen LogP contribution in [0, 0.1) is 0 Å². The molecule has 1 aliphatic carbocycles. The van der Waals surface area contributed by atoms with Crippen LogP contribution in [-0.2, 0) is 4.74 Å². The molecule has 1 aromatic rings. The summed E-state index contributed by atoms with van der Waals surface area (Å²) in [5.74, 6) is 0.382. The second-order valence-electron chi connectivity index (χ2n) is 3.30. The van der Waals surface area contributed by atoms with Gasteiger partial charge in [0.2, 0.25) is 0 Å². The number of hydrogen-bond donors (Lipinski definition) is 2. The Morgan fingerprint density at radius 1 is 1.57 bits per heavy atom. The van der Waals surface area contributed by atoms with E-state index >= 15 is 0 Å². The zero-order valence-corrected chi connectivity index (χ0v) is 7.69. The maximum absolute atomic E-state index is 11.3. The van der Waals surface area contributed by atoms with Crippen LogP contribution in [0.1, 0.15) is 25.7 Å². The lowest BCUT2D eigenvalue weighted by Gasteiger charge is -2.10. The standard InChI is InChI=1S/C8H12N4O2/c13-8(10-7-5-9-12-11-7)14-6-3-1-2-4-6/h5-6H,1-4H2,(H2,9,10,11,12,13). The van der Waals surface area contributed by atoms with Crippen LogP contribution in [0.15, 0.2) is 6.20 Å². The van der Waals surface area contributed by atoms with Gasteiger partial charge in [-0.3, -0.25) is 10.4 Å². The number of aromatic nitrogens is 3. The Hall–Kier alpha value is -1.59. The Labute approximate surface area is 81.0 Å². The Kier molecular flexibility index (Phi) is 2.62. The molecule has 76 valence electrons. The molecule has 0 unspecified atom stereocenters. The summed E-state index contributed by atoms with van der Waals surface area (Å²) < 4.78 is 5.15. The molecule has 1 saturated carbocycles. The normalized spacial score (nSPS) is 16.9. The first-order valence-electron chi connectivity index (χ1n) is 4.69. The molecule has 0 bridgehead atoms. The third-order valence-corrected chi connectivity index (χ3v) is 2.22. The number of ether oxygens (including phenoxy) is 1. The summed E-state index contributed by atoms with van der Waals surface area (Å²) in [6, 6.07) is 0. The second-order valence-corrected chi connectivity index (χ2v) is 3.30. The number of amides is 1. The first-order chi connectivity index (χ1) is 6.84. The van der Waals surface area contributed by atoms with E-state index in [0.717, 1.165) is 25.7 Å². The van der Waals surface area contributed by atoms with Crippen molar-refractivity contribution in [1.29, 1.82) is 0 Å². The van der Waals surface area contributed by atoms with E-state index in [0.29, 0.717) is 5.82 Å². The van der Waals surface area contributed by atoms with Crippen LogP contribution in [0.4, 0.5) is 10.6 Å². The maximum Gasteiger partial charge on any atom is 0.413 e. The van der Waals surface area contributed by atoms with Crippen LogP contribution in [-0.4, -0.2) is 27.6 Å². The van der Waals surface area contributed by atoms with Crippen LogP contribution in [0.5, 0.6) is 0 Å². The van der Waals surface area contributed by atoms with Crippen molar-refractivity contribution in [2.45, 2.75) is 31.8 Å². The molecule has 1 heterocycles. The highest BCUT2D eigenvalue weighted by molar-refractivity contribution is 5.83. The number of carbonyl (C=O) groups is 1. The SMILES string of the molecule is O=C(Nc1c[nH]nn1)OC1CCCC1. The van der Waals surface area contributed by atoms with Crippen molar-refractivity contribution in [3.63, 3.8) is 0 Å². The van der Waals surface area contributed by atoms with E-state index < -0.39 is 6.09 Å². The average molecular weight is 196 g/mol. The van der Waals surface area contributed by atoms with Crippen molar-refractivity contribution in [2.24, 2.45) is 0 Å². The number of nitrogens with one attached hydrogen (secondary N) is 2. The quantitative estimate of drug-likeness (QED) is 0.747. The van der Waals surface area contributed by atoms with Gasteiger partial charge in [0.1, 0.15) is 6.10 Å². The Balaban J connectivity index is 1.78.